The second-order valence-corrected chi connectivity index (χ2v) is 8.44. The van der Waals surface area contributed by atoms with E-state index in [1.54, 1.807) is 22.5 Å². The Kier molecular flexibility index (Phi) is 4.18. The van der Waals surface area contributed by atoms with Gasteiger partial charge in [0.1, 0.15) is 11.9 Å². The van der Waals surface area contributed by atoms with E-state index in [0.717, 1.165) is 30.6 Å². The maximum atomic E-state index is 12.8. The summed E-state index contributed by atoms with van der Waals surface area (Å²) in [6.07, 6.45) is 2.56. The monoisotopic (exact) mass is 324 g/mol. The van der Waals surface area contributed by atoms with Gasteiger partial charge in [-0.3, -0.25) is 0 Å². The third-order valence-corrected chi connectivity index (χ3v) is 6.64. The van der Waals surface area contributed by atoms with Crippen molar-refractivity contribution in [2.24, 2.45) is 11.7 Å². The Morgan fingerprint density at radius 2 is 2.00 bits per heavy atom. The summed E-state index contributed by atoms with van der Waals surface area (Å²) in [6, 6.07) is 5.33. The van der Waals surface area contributed by atoms with Gasteiger partial charge in [-0.05, 0) is 56.4 Å². The van der Waals surface area contributed by atoms with Crippen molar-refractivity contribution >= 4 is 10.0 Å². The third kappa shape index (κ3) is 2.87. The molecule has 1 fully saturated rings. The standard InChI is InChI=1S/C16H24N2O3S/c1-11-9-14-10-15(3-4-16(14)21-11)22(19,20)18-7-5-13(6-8-18)12(2)17/h3-4,10-13H,5-9,17H2,1-2H3. The highest BCUT2D eigenvalue weighted by atomic mass is 32.2. The van der Waals surface area contributed by atoms with Crippen molar-refractivity contribution in [3.05, 3.63) is 23.8 Å². The van der Waals surface area contributed by atoms with Crippen LogP contribution in [0.3, 0.4) is 0 Å². The molecule has 2 heterocycles. The topological polar surface area (TPSA) is 72.6 Å². The molecule has 0 radical (unpaired) electrons. The lowest BCUT2D eigenvalue weighted by Crippen LogP contribution is -2.42. The van der Waals surface area contributed by atoms with Crippen LogP contribution in [0.1, 0.15) is 32.3 Å². The van der Waals surface area contributed by atoms with Gasteiger partial charge >= 0.3 is 0 Å². The molecule has 1 saturated heterocycles. The van der Waals surface area contributed by atoms with Crippen molar-refractivity contribution in [1.29, 1.82) is 0 Å². The second-order valence-electron chi connectivity index (χ2n) is 6.50. The molecule has 122 valence electrons. The highest BCUT2D eigenvalue weighted by Crippen LogP contribution is 2.32. The molecule has 2 aliphatic heterocycles. The van der Waals surface area contributed by atoms with Crippen molar-refractivity contribution in [2.75, 3.05) is 13.1 Å². The van der Waals surface area contributed by atoms with E-state index in [1.165, 1.54) is 0 Å². The van der Waals surface area contributed by atoms with Crippen LogP contribution in [0.4, 0.5) is 0 Å². The lowest BCUT2D eigenvalue weighted by molar-refractivity contribution is 0.250. The molecular weight excluding hydrogens is 300 g/mol. The van der Waals surface area contributed by atoms with Crippen LogP contribution >= 0.6 is 0 Å². The predicted molar refractivity (Wildman–Crippen MR) is 85.4 cm³/mol. The van der Waals surface area contributed by atoms with Gasteiger partial charge in [-0.15, -0.1) is 0 Å². The number of nitrogens with two attached hydrogens (primary N) is 1. The van der Waals surface area contributed by atoms with Gasteiger partial charge in [-0.25, -0.2) is 8.42 Å². The Morgan fingerprint density at radius 3 is 2.64 bits per heavy atom. The van der Waals surface area contributed by atoms with E-state index >= 15 is 0 Å². The van der Waals surface area contributed by atoms with Crippen molar-refractivity contribution in [3.8, 4) is 5.75 Å². The SMILES string of the molecule is CC1Cc2cc(S(=O)(=O)N3CCC(C(C)N)CC3)ccc2O1. The number of sulfonamides is 1. The van der Waals surface area contributed by atoms with E-state index < -0.39 is 10.0 Å². The summed E-state index contributed by atoms with van der Waals surface area (Å²) in [4.78, 5) is 0.378. The fourth-order valence-electron chi connectivity index (χ4n) is 3.35. The lowest BCUT2D eigenvalue weighted by atomic mass is 9.92. The zero-order valence-electron chi connectivity index (χ0n) is 13.2. The number of piperidine rings is 1. The molecule has 6 heteroatoms. The minimum Gasteiger partial charge on any atom is -0.490 e. The molecule has 2 unspecified atom stereocenters. The molecule has 2 N–H and O–H groups in total. The molecule has 5 nitrogen and oxygen atoms in total. The van der Waals surface area contributed by atoms with Gasteiger partial charge in [0, 0.05) is 25.6 Å². The van der Waals surface area contributed by atoms with Crippen LogP contribution in [0.5, 0.6) is 5.75 Å². The first kappa shape index (κ1) is 15.8. The van der Waals surface area contributed by atoms with Crippen molar-refractivity contribution in [3.63, 3.8) is 0 Å². The first-order valence-corrected chi connectivity index (χ1v) is 9.37. The van der Waals surface area contributed by atoms with Gasteiger partial charge in [0.2, 0.25) is 10.0 Å². The molecule has 0 amide bonds. The predicted octanol–water partition coefficient (Wildman–Crippen LogP) is 1.76. The Morgan fingerprint density at radius 1 is 1.32 bits per heavy atom. The van der Waals surface area contributed by atoms with Crippen LogP contribution in [0, 0.1) is 5.92 Å². The number of nitrogens with zero attached hydrogens (tertiary/aromatic N) is 1. The van der Waals surface area contributed by atoms with E-state index in [-0.39, 0.29) is 12.1 Å². The Hall–Kier alpha value is -1.11. The molecule has 2 aliphatic rings. The number of ether oxygens (including phenoxy) is 1. The highest BCUT2D eigenvalue weighted by Gasteiger charge is 2.31. The van der Waals surface area contributed by atoms with E-state index in [2.05, 4.69) is 0 Å². The van der Waals surface area contributed by atoms with Crippen molar-refractivity contribution in [2.45, 2.75) is 50.2 Å². The molecule has 0 aliphatic carbocycles. The number of hydrogen-bond acceptors (Lipinski definition) is 4. The number of fused-ring (bicyclic) bond motifs is 1. The van der Waals surface area contributed by atoms with E-state index in [9.17, 15) is 8.42 Å². The van der Waals surface area contributed by atoms with Gasteiger partial charge in [0.05, 0.1) is 4.90 Å². The van der Waals surface area contributed by atoms with Crippen LogP contribution in [0.25, 0.3) is 0 Å². The summed E-state index contributed by atoms with van der Waals surface area (Å²) in [5.74, 6) is 1.22. The maximum Gasteiger partial charge on any atom is 0.243 e. The van der Waals surface area contributed by atoms with Crippen LogP contribution in [-0.4, -0.2) is 38.0 Å². The van der Waals surface area contributed by atoms with Gasteiger partial charge < -0.3 is 10.5 Å². The van der Waals surface area contributed by atoms with E-state index in [4.69, 9.17) is 10.5 Å². The first-order valence-electron chi connectivity index (χ1n) is 7.93. The minimum atomic E-state index is -3.41. The third-order valence-electron chi connectivity index (χ3n) is 4.75. The molecule has 2 atom stereocenters. The lowest BCUT2D eigenvalue weighted by Gasteiger charge is -2.33. The molecule has 0 aromatic heterocycles. The smallest absolute Gasteiger partial charge is 0.243 e. The quantitative estimate of drug-likeness (QED) is 0.919. The molecule has 22 heavy (non-hydrogen) atoms. The second kappa shape index (κ2) is 5.83. The summed E-state index contributed by atoms with van der Waals surface area (Å²) in [7, 11) is -3.41. The average molecular weight is 324 g/mol. The molecule has 3 rings (SSSR count). The maximum absolute atomic E-state index is 12.8. The van der Waals surface area contributed by atoms with Crippen LogP contribution < -0.4 is 10.5 Å². The van der Waals surface area contributed by atoms with Gasteiger partial charge in [-0.2, -0.15) is 4.31 Å². The van der Waals surface area contributed by atoms with E-state index in [0.29, 0.717) is 23.9 Å². The largest absolute Gasteiger partial charge is 0.490 e. The van der Waals surface area contributed by atoms with Gasteiger partial charge in [0.15, 0.2) is 0 Å². The van der Waals surface area contributed by atoms with Crippen molar-refractivity contribution < 1.29 is 13.2 Å². The number of hydrogen-bond donors (Lipinski definition) is 1. The highest BCUT2D eigenvalue weighted by molar-refractivity contribution is 7.89. The summed E-state index contributed by atoms with van der Waals surface area (Å²) in [5.41, 5.74) is 6.91. The first-order chi connectivity index (χ1) is 10.4. The molecule has 0 saturated carbocycles. The summed E-state index contributed by atoms with van der Waals surface area (Å²) in [5, 5.41) is 0. The molecule has 0 spiro atoms. The minimum absolute atomic E-state index is 0.120. The Bertz CT molecular complexity index is 649. The Balaban J connectivity index is 1.78. The number of rotatable bonds is 3. The molecular formula is C16H24N2O3S. The van der Waals surface area contributed by atoms with Gasteiger partial charge in [0.25, 0.3) is 0 Å². The summed E-state index contributed by atoms with van der Waals surface area (Å²) >= 11 is 0. The zero-order chi connectivity index (χ0) is 15.9. The molecule has 0 bridgehead atoms. The normalized spacial score (nSPS) is 24.8. The number of benzene rings is 1. The van der Waals surface area contributed by atoms with Crippen LogP contribution in [0.2, 0.25) is 0 Å². The van der Waals surface area contributed by atoms with Crippen LogP contribution in [0.15, 0.2) is 23.1 Å². The Labute approximate surface area is 132 Å². The zero-order valence-corrected chi connectivity index (χ0v) is 14.0. The fourth-order valence-corrected chi connectivity index (χ4v) is 4.87. The fraction of sp³-hybridized carbons (Fsp3) is 0.625. The van der Waals surface area contributed by atoms with Gasteiger partial charge in [-0.1, -0.05) is 0 Å². The summed E-state index contributed by atoms with van der Waals surface area (Å²) < 4.78 is 32.8. The van der Waals surface area contributed by atoms with Crippen LogP contribution in [-0.2, 0) is 16.4 Å². The van der Waals surface area contributed by atoms with E-state index in [1.807, 2.05) is 13.8 Å². The van der Waals surface area contributed by atoms with Crippen molar-refractivity contribution in [1.82, 2.24) is 4.31 Å². The molecule has 1 aromatic carbocycles. The summed E-state index contributed by atoms with van der Waals surface area (Å²) in [6.45, 7) is 5.10. The molecule has 1 aromatic rings. The average Bonchev–Trinajstić information content (AvgIpc) is 2.86.